The highest BCUT2D eigenvalue weighted by molar-refractivity contribution is 5.95. The summed E-state index contributed by atoms with van der Waals surface area (Å²) in [5.74, 6) is -4.63. The SMILES string of the molecule is CCC(C)C(NC(=O)C(N)CC(N)=O)C(=O)NC(CCCN=C(N)N)C(=O)NC(CCCCN)C(=O)O. The van der Waals surface area contributed by atoms with E-state index in [1.165, 1.54) is 0 Å². The smallest absolute Gasteiger partial charge is 0.326 e. The van der Waals surface area contributed by atoms with Gasteiger partial charge in [0.2, 0.25) is 23.6 Å². The van der Waals surface area contributed by atoms with Crippen molar-refractivity contribution >= 4 is 35.6 Å². The topological polar surface area (TPSA) is 284 Å². The van der Waals surface area contributed by atoms with Crippen molar-refractivity contribution in [2.45, 2.75) is 83.0 Å². The van der Waals surface area contributed by atoms with Gasteiger partial charge in [0.1, 0.15) is 18.1 Å². The molecule has 15 heteroatoms. The third kappa shape index (κ3) is 14.0. The van der Waals surface area contributed by atoms with Crippen molar-refractivity contribution in [2.24, 2.45) is 39.6 Å². The molecule has 5 atom stereocenters. The van der Waals surface area contributed by atoms with E-state index in [4.69, 9.17) is 28.7 Å². The van der Waals surface area contributed by atoms with E-state index in [2.05, 4.69) is 20.9 Å². The summed E-state index contributed by atoms with van der Waals surface area (Å²) < 4.78 is 0. The van der Waals surface area contributed by atoms with Crippen LogP contribution in [0.1, 0.15) is 58.8 Å². The highest BCUT2D eigenvalue weighted by atomic mass is 16.4. The molecular formula is C22H43N9O6. The van der Waals surface area contributed by atoms with E-state index in [9.17, 15) is 29.1 Å². The summed E-state index contributed by atoms with van der Waals surface area (Å²) in [4.78, 5) is 65.2. The third-order valence-electron chi connectivity index (χ3n) is 5.69. The zero-order valence-corrected chi connectivity index (χ0v) is 21.6. The van der Waals surface area contributed by atoms with Crippen LogP contribution in [0.15, 0.2) is 4.99 Å². The van der Waals surface area contributed by atoms with Crippen molar-refractivity contribution in [3.63, 3.8) is 0 Å². The minimum Gasteiger partial charge on any atom is -0.480 e. The Balaban J connectivity index is 5.66. The highest BCUT2D eigenvalue weighted by Crippen LogP contribution is 2.11. The lowest BCUT2D eigenvalue weighted by Crippen LogP contribution is -2.58. The number of aliphatic imine (C=N–C) groups is 1. The van der Waals surface area contributed by atoms with Crippen molar-refractivity contribution in [1.82, 2.24) is 16.0 Å². The second-order valence-corrected chi connectivity index (χ2v) is 8.84. The summed E-state index contributed by atoms with van der Waals surface area (Å²) in [6, 6.07) is -4.64. The molecule has 0 aliphatic carbocycles. The molecule has 212 valence electrons. The van der Waals surface area contributed by atoms with E-state index >= 15 is 0 Å². The molecule has 0 aliphatic rings. The lowest BCUT2D eigenvalue weighted by Gasteiger charge is -2.28. The summed E-state index contributed by atoms with van der Waals surface area (Å²) >= 11 is 0. The molecule has 0 aromatic heterocycles. The van der Waals surface area contributed by atoms with E-state index in [1.807, 2.05) is 0 Å². The molecular weight excluding hydrogens is 486 g/mol. The van der Waals surface area contributed by atoms with Crippen LogP contribution in [-0.4, -0.2) is 77.9 Å². The fourth-order valence-corrected chi connectivity index (χ4v) is 3.33. The average Bonchev–Trinajstić information content (AvgIpc) is 2.82. The standard InChI is InChI=1S/C22H43N9O6/c1-3-12(2)17(31-18(33)13(24)11-16(25)32)20(35)29-14(8-6-10-28-22(26)27)19(34)30-15(21(36)37)7-4-5-9-23/h12-15,17H,3-11,23-24H2,1-2H3,(H2,25,32)(H,29,35)(H,30,34)(H,31,33)(H,36,37)(H4,26,27,28). The van der Waals surface area contributed by atoms with Gasteiger partial charge in [-0.1, -0.05) is 20.3 Å². The summed E-state index contributed by atoms with van der Waals surface area (Å²) in [5, 5.41) is 17.1. The molecule has 5 unspecified atom stereocenters. The van der Waals surface area contributed by atoms with E-state index in [0.29, 0.717) is 32.2 Å². The van der Waals surface area contributed by atoms with Crippen LogP contribution >= 0.6 is 0 Å². The van der Waals surface area contributed by atoms with E-state index in [-0.39, 0.29) is 31.3 Å². The molecule has 0 heterocycles. The first-order chi connectivity index (χ1) is 17.3. The maximum absolute atomic E-state index is 13.2. The molecule has 0 aromatic carbocycles. The molecule has 14 N–H and O–H groups in total. The Bertz CT molecular complexity index is 804. The number of rotatable bonds is 19. The number of hydrogen-bond acceptors (Lipinski definition) is 8. The largest absolute Gasteiger partial charge is 0.480 e. The Morgan fingerprint density at radius 1 is 0.865 bits per heavy atom. The summed E-state index contributed by atoms with van der Waals surface area (Å²) in [6.07, 6.45) is 1.72. The molecule has 4 amide bonds. The number of carbonyl (C=O) groups excluding carboxylic acids is 4. The van der Waals surface area contributed by atoms with Crippen LogP contribution < -0.4 is 44.6 Å². The Morgan fingerprint density at radius 2 is 1.46 bits per heavy atom. The molecule has 0 rings (SSSR count). The normalized spacial score (nSPS) is 14.8. The van der Waals surface area contributed by atoms with Crippen molar-refractivity contribution in [3.8, 4) is 0 Å². The Kier molecular flexibility index (Phi) is 16.2. The van der Waals surface area contributed by atoms with Crippen LogP contribution in [0.3, 0.4) is 0 Å². The van der Waals surface area contributed by atoms with Gasteiger partial charge in [0.15, 0.2) is 5.96 Å². The number of nitrogens with zero attached hydrogens (tertiary/aromatic N) is 1. The molecule has 0 spiro atoms. The Morgan fingerprint density at radius 3 is 1.97 bits per heavy atom. The number of carboxylic acids is 1. The minimum absolute atomic E-state index is 0.0891. The average molecular weight is 530 g/mol. The molecule has 0 saturated heterocycles. The van der Waals surface area contributed by atoms with Crippen molar-refractivity contribution in [1.29, 1.82) is 0 Å². The predicted molar refractivity (Wildman–Crippen MR) is 137 cm³/mol. The Labute approximate surface area is 216 Å². The molecule has 0 saturated carbocycles. The number of unbranched alkanes of at least 4 members (excludes halogenated alkanes) is 1. The van der Waals surface area contributed by atoms with Gasteiger partial charge in [0, 0.05) is 6.54 Å². The number of nitrogens with two attached hydrogens (primary N) is 5. The van der Waals surface area contributed by atoms with Gasteiger partial charge in [-0.25, -0.2) is 4.79 Å². The van der Waals surface area contributed by atoms with Crippen LogP contribution in [0.2, 0.25) is 0 Å². The summed E-state index contributed by atoms with van der Waals surface area (Å²) in [6.45, 7) is 4.08. The van der Waals surface area contributed by atoms with Crippen LogP contribution in [0.25, 0.3) is 0 Å². The molecule has 0 aromatic rings. The first-order valence-corrected chi connectivity index (χ1v) is 12.3. The number of hydrogen-bond donors (Lipinski definition) is 9. The summed E-state index contributed by atoms with van der Waals surface area (Å²) in [7, 11) is 0. The van der Waals surface area contributed by atoms with Gasteiger partial charge in [-0.3, -0.25) is 24.2 Å². The number of aliphatic carboxylic acids is 1. The van der Waals surface area contributed by atoms with E-state index in [1.54, 1.807) is 13.8 Å². The molecule has 0 radical (unpaired) electrons. The predicted octanol–water partition coefficient (Wildman–Crippen LogP) is -3.04. The van der Waals surface area contributed by atoms with Gasteiger partial charge >= 0.3 is 5.97 Å². The zero-order chi connectivity index (χ0) is 28.5. The van der Waals surface area contributed by atoms with Gasteiger partial charge in [0.25, 0.3) is 0 Å². The maximum atomic E-state index is 13.2. The number of nitrogens with one attached hydrogen (secondary N) is 3. The quantitative estimate of drug-likeness (QED) is 0.0463. The maximum Gasteiger partial charge on any atom is 0.326 e. The number of carbonyl (C=O) groups is 5. The van der Waals surface area contributed by atoms with Crippen LogP contribution in [-0.2, 0) is 24.0 Å². The molecule has 37 heavy (non-hydrogen) atoms. The number of amides is 4. The van der Waals surface area contributed by atoms with E-state index < -0.39 is 60.2 Å². The van der Waals surface area contributed by atoms with Gasteiger partial charge in [-0.2, -0.15) is 0 Å². The van der Waals surface area contributed by atoms with Gasteiger partial charge < -0.3 is 49.7 Å². The first-order valence-electron chi connectivity index (χ1n) is 12.3. The van der Waals surface area contributed by atoms with Crippen molar-refractivity contribution in [2.75, 3.05) is 13.1 Å². The molecule has 0 fully saturated rings. The monoisotopic (exact) mass is 529 g/mol. The lowest BCUT2D eigenvalue weighted by atomic mass is 9.97. The lowest BCUT2D eigenvalue weighted by molar-refractivity contribution is -0.142. The van der Waals surface area contributed by atoms with Crippen LogP contribution in [0.4, 0.5) is 0 Å². The van der Waals surface area contributed by atoms with Gasteiger partial charge in [-0.15, -0.1) is 0 Å². The highest BCUT2D eigenvalue weighted by Gasteiger charge is 2.32. The summed E-state index contributed by atoms with van der Waals surface area (Å²) in [5.41, 5.74) is 26.9. The number of carboxylic acid groups (broad SMARTS) is 1. The van der Waals surface area contributed by atoms with Gasteiger partial charge in [-0.05, 0) is 44.6 Å². The number of primary amides is 1. The van der Waals surface area contributed by atoms with Crippen molar-refractivity contribution < 1.29 is 29.1 Å². The third-order valence-corrected chi connectivity index (χ3v) is 5.69. The number of guanidine groups is 1. The first kappa shape index (κ1) is 33.5. The van der Waals surface area contributed by atoms with E-state index in [0.717, 1.165) is 0 Å². The fraction of sp³-hybridized carbons (Fsp3) is 0.727. The van der Waals surface area contributed by atoms with Gasteiger partial charge in [0.05, 0.1) is 12.5 Å². The zero-order valence-electron chi connectivity index (χ0n) is 21.6. The van der Waals surface area contributed by atoms with Crippen LogP contribution in [0.5, 0.6) is 0 Å². The minimum atomic E-state index is -1.25. The molecule has 15 nitrogen and oxygen atoms in total. The van der Waals surface area contributed by atoms with Crippen molar-refractivity contribution in [3.05, 3.63) is 0 Å². The fourth-order valence-electron chi connectivity index (χ4n) is 3.33. The molecule has 0 aliphatic heterocycles. The van der Waals surface area contributed by atoms with Crippen LogP contribution in [0, 0.1) is 5.92 Å². The Hall–Kier alpha value is -3.46. The molecule has 0 bridgehead atoms. The second-order valence-electron chi connectivity index (χ2n) is 8.84. The second kappa shape index (κ2) is 17.9.